The highest BCUT2D eigenvalue weighted by Crippen LogP contribution is 2.28. The summed E-state index contributed by atoms with van der Waals surface area (Å²) in [4.78, 5) is 17.9. The van der Waals surface area contributed by atoms with Crippen LogP contribution in [0.3, 0.4) is 0 Å². The van der Waals surface area contributed by atoms with E-state index in [1.165, 1.54) is 36.3 Å². The monoisotopic (exact) mass is 315 g/mol. The molecule has 2 aromatic rings. The molecule has 2 amide bonds. The molecule has 0 bridgehead atoms. The van der Waals surface area contributed by atoms with Crippen LogP contribution in [-0.4, -0.2) is 11.0 Å². The summed E-state index contributed by atoms with van der Waals surface area (Å²) in [7, 11) is 0. The molecule has 1 aromatic carbocycles. The molecule has 0 atom stereocenters. The van der Waals surface area contributed by atoms with Gasteiger partial charge in [0, 0.05) is 11.4 Å². The van der Waals surface area contributed by atoms with Crippen molar-refractivity contribution in [3.8, 4) is 0 Å². The van der Waals surface area contributed by atoms with Gasteiger partial charge in [0.05, 0.1) is 5.69 Å². The molecule has 0 fully saturated rings. The first kappa shape index (κ1) is 15.0. The van der Waals surface area contributed by atoms with Crippen LogP contribution < -0.4 is 10.6 Å². The highest BCUT2D eigenvalue weighted by molar-refractivity contribution is 7.15. The van der Waals surface area contributed by atoms with Crippen LogP contribution in [0.5, 0.6) is 0 Å². The summed E-state index contributed by atoms with van der Waals surface area (Å²) in [6.45, 7) is 0.526. The Hall–Kier alpha value is -1.88. The number of urea groups is 1. The number of hydrogen-bond donors (Lipinski definition) is 2. The Balaban J connectivity index is 1.56. The van der Waals surface area contributed by atoms with Crippen LogP contribution in [0.4, 0.5) is 9.93 Å². The van der Waals surface area contributed by atoms with E-state index in [1.807, 2.05) is 30.3 Å². The molecule has 2 N–H and O–H groups in total. The normalized spacial score (nSPS) is 14.5. The lowest BCUT2D eigenvalue weighted by atomic mass is 10.0. The smallest absolute Gasteiger partial charge is 0.321 e. The number of hydrogen-bond acceptors (Lipinski definition) is 3. The average Bonchev–Trinajstić information content (AvgIpc) is 2.87. The third-order valence-electron chi connectivity index (χ3n) is 3.86. The molecule has 0 saturated heterocycles. The Kier molecular flexibility index (Phi) is 5.06. The molecule has 3 rings (SSSR count). The summed E-state index contributed by atoms with van der Waals surface area (Å²) in [5.41, 5.74) is 2.27. The number of thiazole rings is 1. The first-order valence-electron chi connectivity index (χ1n) is 7.88. The van der Waals surface area contributed by atoms with E-state index in [2.05, 4.69) is 15.6 Å². The molecule has 0 spiro atoms. The summed E-state index contributed by atoms with van der Waals surface area (Å²) in [5.74, 6) is 0. The zero-order valence-electron chi connectivity index (χ0n) is 12.6. The summed E-state index contributed by atoms with van der Waals surface area (Å²) in [6, 6.07) is 9.70. The molecule has 0 saturated carbocycles. The zero-order valence-corrected chi connectivity index (χ0v) is 13.4. The lowest BCUT2D eigenvalue weighted by Crippen LogP contribution is -2.28. The number of rotatable bonds is 3. The van der Waals surface area contributed by atoms with E-state index in [9.17, 15) is 4.79 Å². The minimum absolute atomic E-state index is 0.189. The topological polar surface area (TPSA) is 54.0 Å². The number of fused-ring (bicyclic) bond motifs is 1. The molecular weight excluding hydrogens is 294 g/mol. The Bertz CT molecular complexity index is 599. The minimum Gasteiger partial charge on any atom is -0.334 e. The van der Waals surface area contributed by atoms with E-state index in [1.54, 1.807) is 11.3 Å². The number of nitrogens with zero attached hydrogens (tertiary/aromatic N) is 1. The van der Waals surface area contributed by atoms with Gasteiger partial charge in [-0.05, 0) is 31.2 Å². The maximum atomic E-state index is 12.0. The molecule has 1 heterocycles. The quantitative estimate of drug-likeness (QED) is 0.895. The molecule has 1 aliphatic rings. The average molecular weight is 315 g/mol. The lowest BCUT2D eigenvalue weighted by Gasteiger charge is -2.06. The van der Waals surface area contributed by atoms with Gasteiger partial charge in [0.25, 0.3) is 0 Å². The molecule has 1 aliphatic carbocycles. The summed E-state index contributed by atoms with van der Waals surface area (Å²) < 4.78 is 0. The molecule has 0 unspecified atom stereocenters. The van der Waals surface area contributed by atoms with Gasteiger partial charge in [0.1, 0.15) is 0 Å². The van der Waals surface area contributed by atoms with Crippen LogP contribution in [0.2, 0.25) is 0 Å². The van der Waals surface area contributed by atoms with E-state index in [-0.39, 0.29) is 6.03 Å². The SMILES string of the molecule is O=C(NCc1ccccc1)Nc1nc2c(s1)CCCCCC2. The van der Waals surface area contributed by atoms with Gasteiger partial charge < -0.3 is 5.32 Å². The Morgan fingerprint density at radius 3 is 2.68 bits per heavy atom. The van der Waals surface area contributed by atoms with E-state index < -0.39 is 0 Å². The molecule has 0 aliphatic heterocycles. The first-order chi connectivity index (χ1) is 10.8. The highest BCUT2D eigenvalue weighted by Gasteiger charge is 2.14. The minimum atomic E-state index is -0.189. The summed E-state index contributed by atoms with van der Waals surface area (Å²) in [5, 5.41) is 6.46. The van der Waals surface area contributed by atoms with Crippen molar-refractivity contribution in [2.45, 2.75) is 45.1 Å². The van der Waals surface area contributed by atoms with Crippen LogP contribution in [0.1, 0.15) is 41.8 Å². The van der Waals surface area contributed by atoms with Crippen molar-refractivity contribution in [2.24, 2.45) is 0 Å². The fourth-order valence-corrected chi connectivity index (χ4v) is 3.72. The van der Waals surface area contributed by atoms with Crippen molar-refractivity contribution >= 4 is 22.5 Å². The Morgan fingerprint density at radius 2 is 1.86 bits per heavy atom. The standard InChI is InChI=1S/C17H21N3OS/c21-16(18-12-13-8-4-3-5-9-13)20-17-19-14-10-6-1-2-7-11-15(14)22-17/h3-5,8-9H,1-2,6-7,10-12H2,(H2,18,19,20,21). The predicted octanol–water partition coefficient (Wildman–Crippen LogP) is 4.12. The zero-order chi connectivity index (χ0) is 15.2. The second kappa shape index (κ2) is 7.40. The van der Waals surface area contributed by atoms with E-state index in [0.717, 1.165) is 23.5 Å². The third-order valence-corrected chi connectivity index (χ3v) is 4.93. The fraction of sp³-hybridized carbons (Fsp3) is 0.412. The van der Waals surface area contributed by atoms with E-state index in [4.69, 9.17) is 0 Å². The highest BCUT2D eigenvalue weighted by atomic mass is 32.1. The molecule has 22 heavy (non-hydrogen) atoms. The number of carbonyl (C=O) groups is 1. The van der Waals surface area contributed by atoms with Crippen LogP contribution in [0, 0.1) is 0 Å². The van der Waals surface area contributed by atoms with Crippen LogP contribution in [-0.2, 0) is 19.4 Å². The van der Waals surface area contributed by atoms with Gasteiger partial charge in [-0.2, -0.15) is 0 Å². The third kappa shape index (κ3) is 4.07. The largest absolute Gasteiger partial charge is 0.334 e. The molecule has 0 radical (unpaired) electrons. The molecule has 4 nitrogen and oxygen atoms in total. The second-order valence-electron chi connectivity index (χ2n) is 5.60. The van der Waals surface area contributed by atoms with Gasteiger partial charge in [0.2, 0.25) is 0 Å². The van der Waals surface area contributed by atoms with Crippen molar-refractivity contribution < 1.29 is 4.79 Å². The van der Waals surface area contributed by atoms with E-state index >= 15 is 0 Å². The van der Waals surface area contributed by atoms with Gasteiger partial charge in [-0.1, -0.05) is 43.2 Å². The van der Waals surface area contributed by atoms with Crippen molar-refractivity contribution in [2.75, 3.05) is 5.32 Å². The van der Waals surface area contributed by atoms with Gasteiger partial charge in [-0.15, -0.1) is 11.3 Å². The maximum absolute atomic E-state index is 12.0. The van der Waals surface area contributed by atoms with E-state index in [0.29, 0.717) is 6.54 Å². The van der Waals surface area contributed by atoms with Crippen molar-refractivity contribution in [1.29, 1.82) is 0 Å². The fourth-order valence-electron chi connectivity index (χ4n) is 2.68. The maximum Gasteiger partial charge on any atom is 0.321 e. The number of amides is 2. The number of aromatic nitrogens is 1. The Labute approximate surface area is 135 Å². The predicted molar refractivity (Wildman–Crippen MR) is 90.3 cm³/mol. The van der Waals surface area contributed by atoms with Crippen molar-refractivity contribution in [3.63, 3.8) is 0 Å². The molecule has 1 aromatic heterocycles. The number of benzene rings is 1. The van der Waals surface area contributed by atoms with Gasteiger partial charge in [-0.3, -0.25) is 5.32 Å². The van der Waals surface area contributed by atoms with Gasteiger partial charge in [-0.25, -0.2) is 9.78 Å². The second-order valence-corrected chi connectivity index (χ2v) is 6.68. The van der Waals surface area contributed by atoms with Gasteiger partial charge in [0.15, 0.2) is 5.13 Å². The van der Waals surface area contributed by atoms with Crippen LogP contribution in [0.15, 0.2) is 30.3 Å². The summed E-state index contributed by atoms with van der Waals surface area (Å²) in [6.07, 6.45) is 7.17. The lowest BCUT2D eigenvalue weighted by molar-refractivity contribution is 0.251. The number of anilines is 1. The van der Waals surface area contributed by atoms with Crippen LogP contribution >= 0.6 is 11.3 Å². The Morgan fingerprint density at radius 1 is 1.09 bits per heavy atom. The molecule has 5 heteroatoms. The van der Waals surface area contributed by atoms with Crippen LogP contribution in [0.25, 0.3) is 0 Å². The van der Waals surface area contributed by atoms with Crippen molar-refractivity contribution in [3.05, 3.63) is 46.5 Å². The first-order valence-corrected chi connectivity index (χ1v) is 8.70. The number of nitrogens with one attached hydrogen (secondary N) is 2. The van der Waals surface area contributed by atoms with Gasteiger partial charge >= 0.3 is 6.03 Å². The van der Waals surface area contributed by atoms with Crippen molar-refractivity contribution in [1.82, 2.24) is 10.3 Å². The summed E-state index contributed by atoms with van der Waals surface area (Å²) >= 11 is 1.62. The molecular formula is C17H21N3OS. The number of aryl methyl sites for hydroxylation is 2. The number of carbonyl (C=O) groups excluding carboxylic acids is 1. The molecule has 116 valence electrons.